The molecule has 1 saturated heterocycles. The summed E-state index contributed by atoms with van der Waals surface area (Å²) in [6, 6.07) is 0. The number of rotatable bonds is 4. The van der Waals surface area contributed by atoms with E-state index in [1.165, 1.54) is 6.20 Å². The molecule has 3 heterocycles. The van der Waals surface area contributed by atoms with E-state index >= 15 is 0 Å². The maximum absolute atomic E-state index is 12.8. The van der Waals surface area contributed by atoms with Crippen molar-refractivity contribution in [3.8, 4) is 0 Å². The molecule has 0 spiro atoms. The highest BCUT2D eigenvalue weighted by atomic mass is 32.2. The van der Waals surface area contributed by atoms with Crippen molar-refractivity contribution in [3.63, 3.8) is 0 Å². The van der Waals surface area contributed by atoms with Gasteiger partial charge in [0.2, 0.25) is 10.0 Å². The number of hydrogen-bond acceptors (Lipinski definition) is 5. The average molecular weight is 335 g/mol. The van der Waals surface area contributed by atoms with Gasteiger partial charge in [0.15, 0.2) is 0 Å². The monoisotopic (exact) mass is 335 g/mol. The normalized spacial score (nSPS) is 17.5. The molecule has 2 aromatic heterocycles. The summed E-state index contributed by atoms with van der Waals surface area (Å²) in [6.45, 7) is 5.41. The Morgan fingerprint density at radius 3 is 2.52 bits per heavy atom. The summed E-state index contributed by atoms with van der Waals surface area (Å²) < 4.78 is 28.9. The molecule has 7 nitrogen and oxygen atoms in total. The Kier molecular flexibility index (Phi) is 4.45. The zero-order valence-electron chi connectivity index (χ0n) is 13.4. The number of sulfonamides is 1. The first-order valence-corrected chi connectivity index (χ1v) is 9.26. The largest absolute Gasteiger partial charge is 0.269 e. The molecule has 1 aliphatic heterocycles. The van der Waals surface area contributed by atoms with Crippen LogP contribution >= 0.6 is 0 Å². The summed E-state index contributed by atoms with van der Waals surface area (Å²) in [5.41, 5.74) is 1.64. The second-order valence-electron chi connectivity index (χ2n) is 5.72. The van der Waals surface area contributed by atoms with Crippen molar-refractivity contribution in [2.45, 2.75) is 44.0 Å². The molecule has 0 N–H and O–H groups in total. The standard InChI is InChI=1S/C15H21N5O2S/c1-3-20-12(2)15(11-18-20)23(21,22)19-8-4-13(5-9-19)14-10-16-6-7-17-14/h6-7,10-11,13H,3-5,8-9H2,1-2H3. The summed E-state index contributed by atoms with van der Waals surface area (Å²) in [4.78, 5) is 8.74. The molecule has 2 aromatic rings. The van der Waals surface area contributed by atoms with Crippen LogP contribution in [-0.4, -0.2) is 45.6 Å². The molecule has 23 heavy (non-hydrogen) atoms. The van der Waals surface area contributed by atoms with Gasteiger partial charge in [-0.3, -0.25) is 14.6 Å². The third-order valence-electron chi connectivity index (χ3n) is 4.43. The van der Waals surface area contributed by atoms with Gasteiger partial charge in [-0.2, -0.15) is 9.40 Å². The third kappa shape index (κ3) is 3.00. The van der Waals surface area contributed by atoms with E-state index in [0.717, 1.165) is 18.5 Å². The summed E-state index contributed by atoms with van der Waals surface area (Å²) in [5, 5.41) is 4.15. The summed E-state index contributed by atoms with van der Waals surface area (Å²) in [6.07, 6.45) is 8.09. The highest BCUT2D eigenvalue weighted by Crippen LogP contribution is 2.30. The Morgan fingerprint density at radius 2 is 1.96 bits per heavy atom. The van der Waals surface area contributed by atoms with E-state index in [0.29, 0.717) is 30.2 Å². The van der Waals surface area contributed by atoms with Crippen molar-refractivity contribution >= 4 is 10.0 Å². The van der Waals surface area contributed by atoms with Gasteiger partial charge < -0.3 is 0 Å². The maximum Gasteiger partial charge on any atom is 0.246 e. The molecule has 1 aliphatic rings. The lowest BCUT2D eigenvalue weighted by Crippen LogP contribution is -2.38. The minimum absolute atomic E-state index is 0.273. The zero-order chi connectivity index (χ0) is 16.4. The number of hydrogen-bond donors (Lipinski definition) is 0. The second-order valence-corrected chi connectivity index (χ2v) is 7.62. The molecule has 0 atom stereocenters. The van der Waals surface area contributed by atoms with Crippen molar-refractivity contribution in [2.75, 3.05) is 13.1 Å². The lowest BCUT2D eigenvalue weighted by Gasteiger charge is -2.30. The van der Waals surface area contributed by atoms with Crippen molar-refractivity contribution < 1.29 is 8.42 Å². The number of aryl methyl sites for hydroxylation is 1. The fourth-order valence-corrected chi connectivity index (χ4v) is 4.68. The van der Waals surface area contributed by atoms with Crippen LogP contribution in [0.3, 0.4) is 0 Å². The third-order valence-corrected chi connectivity index (χ3v) is 6.43. The molecule has 0 amide bonds. The van der Waals surface area contributed by atoms with Crippen LogP contribution in [0.4, 0.5) is 0 Å². The fourth-order valence-electron chi connectivity index (χ4n) is 3.05. The predicted octanol–water partition coefficient (Wildman–Crippen LogP) is 1.57. The van der Waals surface area contributed by atoms with Gasteiger partial charge in [-0.1, -0.05) is 0 Å². The summed E-state index contributed by atoms with van der Waals surface area (Å²) >= 11 is 0. The first kappa shape index (κ1) is 16.1. The van der Waals surface area contributed by atoms with Crippen molar-refractivity contribution in [3.05, 3.63) is 36.2 Å². The van der Waals surface area contributed by atoms with Crippen molar-refractivity contribution in [1.29, 1.82) is 0 Å². The Bertz CT molecular complexity index is 764. The second kappa shape index (κ2) is 6.37. The van der Waals surface area contributed by atoms with E-state index in [2.05, 4.69) is 15.1 Å². The lowest BCUT2D eigenvalue weighted by atomic mass is 9.95. The molecule has 0 unspecified atom stereocenters. The van der Waals surface area contributed by atoms with Gasteiger partial charge in [0.05, 0.1) is 17.6 Å². The Morgan fingerprint density at radius 1 is 1.22 bits per heavy atom. The summed E-state index contributed by atoms with van der Waals surface area (Å²) in [7, 11) is -3.47. The van der Waals surface area contributed by atoms with Crippen LogP contribution < -0.4 is 0 Å². The lowest BCUT2D eigenvalue weighted by molar-refractivity contribution is 0.316. The van der Waals surface area contributed by atoms with E-state index in [-0.39, 0.29) is 5.92 Å². The van der Waals surface area contributed by atoms with Gasteiger partial charge in [-0.15, -0.1) is 0 Å². The van der Waals surface area contributed by atoms with Gasteiger partial charge >= 0.3 is 0 Å². The molecular formula is C15H21N5O2S. The molecule has 124 valence electrons. The Hall–Kier alpha value is -1.80. The molecule has 8 heteroatoms. The van der Waals surface area contributed by atoms with Crippen LogP contribution in [0.25, 0.3) is 0 Å². The molecule has 0 radical (unpaired) electrons. The predicted molar refractivity (Wildman–Crippen MR) is 85.4 cm³/mol. The van der Waals surface area contributed by atoms with Crippen LogP contribution in [0.15, 0.2) is 29.7 Å². The van der Waals surface area contributed by atoms with Gasteiger partial charge in [-0.25, -0.2) is 8.42 Å². The average Bonchev–Trinajstić information content (AvgIpc) is 2.97. The highest BCUT2D eigenvalue weighted by molar-refractivity contribution is 7.89. The number of nitrogens with zero attached hydrogens (tertiary/aromatic N) is 5. The molecular weight excluding hydrogens is 314 g/mol. The molecule has 1 fully saturated rings. The van der Waals surface area contributed by atoms with E-state index in [9.17, 15) is 8.42 Å². The van der Waals surface area contributed by atoms with Crippen LogP contribution in [0.5, 0.6) is 0 Å². The van der Waals surface area contributed by atoms with Gasteiger partial charge in [0, 0.05) is 44.1 Å². The van der Waals surface area contributed by atoms with Gasteiger partial charge in [0.25, 0.3) is 0 Å². The van der Waals surface area contributed by atoms with Crippen molar-refractivity contribution in [1.82, 2.24) is 24.1 Å². The molecule has 0 bridgehead atoms. The Labute approximate surface area is 136 Å². The van der Waals surface area contributed by atoms with E-state index in [1.54, 1.807) is 34.5 Å². The quantitative estimate of drug-likeness (QED) is 0.847. The molecule has 0 aliphatic carbocycles. The molecule has 3 rings (SSSR count). The van der Waals surface area contributed by atoms with Gasteiger partial charge in [0.1, 0.15) is 4.90 Å². The molecule has 0 saturated carbocycles. The smallest absolute Gasteiger partial charge is 0.246 e. The first-order valence-electron chi connectivity index (χ1n) is 7.82. The van der Waals surface area contributed by atoms with E-state index < -0.39 is 10.0 Å². The van der Waals surface area contributed by atoms with E-state index in [4.69, 9.17) is 0 Å². The van der Waals surface area contributed by atoms with Crippen LogP contribution in [0.1, 0.15) is 37.1 Å². The van der Waals surface area contributed by atoms with Gasteiger partial charge in [-0.05, 0) is 26.7 Å². The van der Waals surface area contributed by atoms with Crippen LogP contribution in [-0.2, 0) is 16.6 Å². The summed E-state index contributed by atoms with van der Waals surface area (Å²) in [5.74, 6) is 0.273. The Balaban J connectivity index is 1.75. The topological polar surface area (TPSA) is 81.0 Å². The minimum atomic E-state index is -3.47. The SMILES string of the molecule is CCn1ncc(S(=O)(=O)N2CCC(c3cnccn3)CC2)c1C. The zero-order valence-corrected chi connectivity index (χ0v) is 14.2. The van der Waals surface area contributed by atoms with E-state index in [1.807, 2.05) is 6.92 Å². The van der Waals surface area contributed by atoms with Crippen LogP contribution in [0, 0.1) is 6.92 Å². The maximum atomic E-state index is 12.8. The fraction of sp³-hybridized carbons (Fsp3) is 0.533. The van der Waals surface area contributed by atoms with Crippen molar-refractivity contribution in [2.24, 2.45) is 0 Å². The number of piperidine rings is 1. The first-order chi connectivity index (χ1) is 11.0. The van der Waals surface area contributed by atoms with Crippen LogP contribution in [0.2, 0.25) is 0 Å². The minimum Gasteiger partial charge on any atom is -0.269 e. The number of aromatic nitrogens is 4. The highest BCUT2D eigenvalue weighted by Gasteiger charge is 2.32. The molecule has 0 aromatic carbocycles.